The molecule has 1 saturated carbocycles. The molecule has 2 N–H and O–H groups in total. The first kappa shape index (κ1) is 14.3. The predicted octanol–water partition coefficient (Wildman–Crippen LogP) is 3.26. The number of hydrogen-bond acceptors (Lipinski definition) is 2. The van der Waals surface area contributed by atoms with Gasteiger partial charge in [0.15, 0.2) is 0 Å². The summed E-state index contributed by atoms with van der Waals surface area (Å²) in [5.74, 6) is 1.54. The molecule has 4 unspecified atom stereocenters. The molecule has 4 atom stereocenters. The molecule has 2 heteroatoms. The minimum absolute atomic E-state index is 0.429. The number of rotatable bonds is 1. The van der Waals surface area contributed by atoms with Crippen molar-refractivity contribution in [2.75, 3.05) is 13.1 Å². The second-order valence-electron chi connectivity index (χ2n) is 7.75. The van der Waals surface area contributed by atoms with E-state index in [1.165, 1.54) is 45.2 Å². The average molecular weight is 252 g/mol. The zero-order chi connectivity index (χ0) is 13.3. The number of nitrogens with two attached hydrogens (primary N) is 1. The zero-order valence-electron chi connectivity index (χ0n) is 12.8. The molecule has 1 aliphatic heterocycles. The van der Waals surface area contributed by atoms with E-state index in [1.807, 2.05) is 0 Å². The van der Waals surface area contributed by atoms with Crippen LogP contribution >= 0.6 is 0 Å². The van der Waals surface area contributed by atoms with E-state index >= 15 is 0 Å². The first-order valence-corrected chi connectivity index (χ1v) is 7.89. The van der Waals surface area contributed by atoms with Gasteiger partial charge in [-0.15, -0.1) is 0 Å². The lowest BCUT2D eigenvalue weighted by molar-refractivity contribution is 0.0145. The van der Waals surface area contributed by atoms with Gasteiger partial charge >= 0.3 is 0 Å². The molecule has 18 heavy (non-hydrogen) atoms. The average Bonchev–Trinajstić information content (AvgIpc) is 2.32. The molecule has 2 rings (SSSR count). The molecule has 2 fully saturated rings. The number of piperidine rings is 1. The van der Waals surface area contributed by atoms with Gasteiger partial charge in [0.1, 0.15) is 0 Å². The minimum atomic E-state index is 0.429. The largest absolute Gasteiger partial charge is 0.327 e. The highest BCUT2D eigenvalue weighted by Gasteiger charge is 2.39. The van der Waals surface area contributed by atoms with E-state index in [9.17, 15) is 0 Å². The van der Waals surface area contributed by atoms with Crippen molar-refractivity contribution < 1.29 is 0 Å². The van der Waals surface area contributed by atoms with Crippen LogP contribution in [0, 0.1) is 17.3 Å². The Hall–Kier alpha value is -0.0800. The lowest BCUT2D eigenvalue weighted by Crippen LogP contribution is -2.54. The molecule has 2 aliphatic rings. The van der Waals surface area contributed by atoms with Crippen molar-refractivity contribution in [3.8, 4) is 0 Å². The second kappa shape index (κ2) is 5.50. The van der Waals surface area contributed by atoms with Crippen LogP contribution in [0.1, 0.15) is 59.8 Å². The predicted molar refractivity (Wildman–Crippen MR) is 78.5 cm³/mol. The van der Waals surface area contributed by atoms with E-state index in [0.717, 1.165) is 12.0 Å². The van der Waals surface area contributed by atoms with Crippen LogP contribution in [-0.4, -0.2) is 30.1 Å². The van der Waals surface area contributed by atoms with Gasteiger partial charge in [-0.1, -0.05) is 40.5 Å². The van der Waals surface area contributed by atoms with E-state index in [2.05, 4.69) is 32.6 Å². The SMILES string of the molecule is CC1CN(C2CCCCC2C(C)(C)C)CCC1N. The minimum Gasteiger partial charge on any atom is -0.327 e. The Morgan fingerprint density at radius 3 is 2.33 bits per heavy atom. The first-order chi connectivity index (χ1) is 8.39. The van der Waals surface area contributed by atoms with Crippen molar-refractivity contribution >= 4 is 0 Å². The van der Waals surface area contributed by atoms with Gasteiger partial charge in [0.2, 0.25) is 0 Å². The zero-order valence-corrected chi connectivity index (χ0v) is 12.8. The summed E-state index contributed by atoms with van der Waals surface area (Å²) in [6.07, 6.45) is 6.87. The number of likely N-dealkylation sites (tertiary alicyclic amines) is 1. The van der Waals surface area contributed by atoms with Gasteiger partial charge in [-0.3, -0.25) is 4.90 Å². The molecule has 0 aromatic heterocycles. The fourth-order valence-corrected chi connectivity index (χ4v) is 4.06. The molecule has 1 saturated heterocycles. The Labute approximate surface area is 113 Å². The lowest BCUT2D eigenvalue weighted by atomic mass is 9.68. The lowest BCUT2D eigenvalue weighted by Gasteiger charge is -2.49. The molecule has 106 valence electrons. The molecule has 2 nitrogen and oxygen atoms in total. The summed E-state index contributed by atoms with van der Waals surface area (Å²) in [4.78, 5) is 2.77. The van der Waals surface area contributed by atoms with Crippen molar-refractivity contribution in [3.05, 3.63) is 0 Å². The molecule has 0 radical (unpaired) electrons. The Balaban J connectivity index is 2.05. The van der Waals surface area contributed by atoms with Crippen LogP contribution in [0.15, 0.2) is 0 Å². The van der Waals surface area contributed by atoms with E-state index < -0.39 is 0 Å². The van der Waals surface area contributed by atoms with Crippen molar-refractivity contribution in [3.63, 3.8) is 0 Å². The number of nitrogens with zero attached hydrogens (tertiary/aromatic N) is 1. The maximum atomic E-state index is 6.16. The summed E-state index contributed by atoms with van der Waals surface area (Å²) in [6, 6.07) is 1.24. The third-order valence-corrected chi connectivity index (χ3v) is 5.31. The van der Waals surface area contributed by atoms with Crippen molar-refractivity contribution in [1.82, 2.24) is 4.90 Å². The maximum Gasteiger partial charge on any atom is 0.0129 e. The Morgan fingerprint density at radius 2 is 1.72 bits per heavy atom. The van der Waals surface area contributed by atoms with Crippen LogP contribution in [0.25, 0.3) is 0 Å². The Morgan fingerprint density at radius 1 is 1.06 bits per heavy atom. The van der Waals surface area contributed by atoms with Gasteiger partial charge in [-0.25, -0.2) is 0 Å². The summed E-state index contributed by atoms with van der Waals surface area (Å²) >= 11 is 0. The summed E-state index contributed by atoms with van der Waals surface area (Å²) in [6.45, 7) is 12.0. The molecule has 0 amide bonds. The van der Waals surface area contributed by atoms with Gasteiger partial charge in [-0.2, -0.15) is 0 Å². The highest BCUT2D eigenvalue weighted by atomic mass is 15.2. The highest BCUT2D eigenvalue weighted by molar-refractivity contribution is 4.93. The van der Waals surface area contributed by atoms with Crippen LogP contribution in [0.3, 0.4) is 0 Å². The molecule has 1 aliphatic carbocycles. The maximum absolute atomic E-state index is 6.16. The van der Waals surface area contributed by atoms with Crippen LogP contribution < -0.4 is 5.73 Å². The molecule has 0 aromatic rings. The third-order valence-electron chi connectivity index (χ3n) is 5.31. The molecular formula is C16H32N2. The molecular weight excluding hydrogens is 220 g/mol. The Bertz CT molecular complexity index is 269. The van der Waals surface area contributed by atoms with Gasteiger partial charge < -0.3 is 5.73 Å². The van der Waals surface area contributed by atoms with Gasteiger partial charge in [0.05, 0.1) is 0 Å². The van der Waals surface area contributed by atoms with Crippen LogP contribution in [0.5, 0.6) is 0 Å². The fourth-order valence-electron chi connectivity index (χ4n) is 4.06. The number of hydrogen-bond donors (Lipinski definition) is 1. The summed E-state index contributed by atoms with van der Waals surface area (Å²) < 4.78 is 0. The van der Waals surface area contributed by atoms with Crippen molar-refractivity contribution in [1.29, 1.82) is 0 Å². The van der Waals surface area contributed by atoms with Gasteiger partial charge in [-0.05, 0) is 43.1 Å². The van der Waals surface area contributed by atoms with Crippen molar-refractivity contribution in [2.45, 2.75) is 71.9 Å². The van der Waals surface area contributed by atoms with E-state index in [4.69, 9.17) is 5.73 Å². The smallest absolute Gasteiger partial charge is 0.0129 e. The highest BCUT2D eigenvalue weighted by Crippen LogP contribution is 2.41. The van der Waals surface area contributed by atoms with Crippen LogP contribution in [0.2, 0.25) is 0 Å². The first-order valence-electron chi connectivity index (χ1n) is 7.89. The molecule has 0 aromatic carbocycles. The third kappa shape index (κ3) is 3.08. The fraction of sp³-hybridized carbons (Fsp3) is 1.00. The van der Waals surface area contributed by atoms with E-state index in [-0.39, 0.29) is 0 Å². The van der Waals surface area contributed by atoms with E-state index in [1.54, 1.807) is 0 Å². The topological polar surface area (TPSA) is 29.3 Å². The van der Waals surface area contributed by atoms with Crippen LogP contribution in [-0.2, 0) is 0 Å². The van der Waals surface area contributed by atoms with Crippen molar-refractivity contribution in [2.24, 2.45) is 23.0 Å². The summed E-state index contributed by atoms with van der Waals surface area (Å²) in [7, 11) is 0. The summed E-state index contributed by atoms with van der Waals surface area (Å²) in [5.41, 5.74) is 6.62. The molecule has 0 bridgehead atoms. The quantitative estimate of drug-likeness (QED) is 0.776. The van der Waals surface area contributed by atoms with Gasteiger partial charge in [0, 0.05) is 18.6 Å². The summed E-state index contributed by atoms with van der Waals surface area (Å²) in [5, 5.41) is 0. The Kier molecular flexibility index (Phi) is 4.38. The van der Waals surface area contributed by atoms with Crippen LogP contribution in [0.4, 0.5) is 0 Å². The molecule has 1 heterocycles. The standard InChI is InChI=1S/C16H32N2/c1-12-11-18(10-9-14(12)17)15-8-6-5-7-13(15)16(2,3)4/h12-15H,5-11,17H2,1-4H3. The normalized spacial score (nSPS) is 39.8. The molecule has 0 spiro atoms. The van der Waals surface area contributed by atoms with E-state index in [0.29, 0.717) is 17.4 Å². The second-order valence-corrected chi connectivity index (χ2v) is 7.75. The van der Waals surface area contributed by atoms with Gasteiger partial charge in [0.25, 0.3) is 0 Å². The monoisotopic (exact) mass is 252 g/mol.